The van der Waals surface area contributed by atoms with Crippen LogP contribution in [0.1, 0.15) is 53.4 Å². The first kappa shape index (κ1) is 12.0. The Morgan fingerprint density at radius 3 is 2.57 bits per heavy atom. The minimum absolute atomic E-state index is 0.804. The molecule has 0 aliphatic heterocycles. The summed E-state index contributed by atoms with van der Waals surface area (Å²) in [7, 11) is 0. The smallest absolute Gasteiger partial charge is 0.00955 e. The van der Waals surface area contributed by atoms with Gasteiger partial charge >= 0.3 is 0 Å². The van der Waals surface area contributed by atoms with Crippen molar-refractivity contribution in [1.29, 1.82) is 0 Å². The molecule has 1 aliphatic rings. The highest BCUT2D eigenvalue weighted by Gasteiger charge is 2.28. The molecule has 0 aromatic heterocycles. The maximum absolute atomic E-state index is 3.66. The van der Waals surface area contributed by atoms with E-state index >= 15 is 0 Å². The maximum Gasteiger partial charge on any atom is 0.00955 e. The molecule has 0 radical (unpaired) electrons. The minimum Gasteiger partial charge on any atom is -0.314 e. The molecule has 0 aromatic carbocycles. The van der Waals surface area contributed by atoms with Gasteiger partial charge in [0.05, 0.1) is 0 Å². The molecule has 3 atom stereocenters. The third-order valence-corrected chi connectivity index (χ3v) is 3.49. The van der Waals surface area contributed by atoms with Crippen LogP contribution in [0.25, 0.3) is 0 Å². The molecule has 84 valence electrons. The summed E-state index contributed by atoms with van der Waals surface area (Å²) in [6.07, 6.45) is 5.66. The Morgan fingerprint density at radius 1 is 1.29 bits per heavy atom. The third kappa shape index (κ3) is 3.61. The molecular weight excluding hydrogens is 170 g/mol. The lowest BCUT2D eigenvalue weighted by molar-refractivity contribution is 0.189. The van der Waals surface area contributed by atoms with E-state index in [4.69, 9.17) is 0 Å². The molecule has 1 rings (SSSR count). The Hall–Kier alpha value is -0.0400. The van der Waals surface area contributed by atoms with Crippen molar-refractivity contribution in [1.82, 2.24) is 5.32 Å². The normalized spacial score (nSPS) is 33.6. The fraction of sp³-hybridized carbons (Fsp3) is 1.00. The zero-order valence-electron chi connectivity index (χ0n) is 10.3. The second kappa shape index (κ2) is 5.75. The quantitative estimate of drug-likeness (QED) is 0.728. The third-order valence-electron chi connectivity index (χ3n) is 3.49. The van der Waals surface area contributed by atoms with Crippen molar-refractivity contribution in [2.24, 2.45) is 17.8 Å². The van der Waals surface area contributed by atoms with Gasteiger partial charge in [-0.15, -0.1) is 0 Å². The Kier molecular flexibility index (Phi) is 4.94. The molecular formula is C13H27N. The van der Waals surface area contributed by atoms with E-state index < -0.39 is 0 Å². The largest absolute Gasteiger partial charge is 0.314 e. The van der Waals surface area contributed by atoms with Crippen LogP contribution in [0.3, 0.4) is 0 Å². The predicted octanol–water partition coefficient (Wildman–Crippen LogP) is 3.45. The topological polar surface area (TPSA) is 12.0 Å². The Bertz CT molecular complexity index is 151. The van der Waals surface area contributed by atoms with E-state index in [1.165, 1.54) is 25.7 Å². The first-order chi connectivity index (χ1) is 6.63. The number of hydrogen-bond donors (Lipinski definition) is 1. The van der Waals surface area contributed by atoms with E-state index in [-0.39, 0.29) is 0 Å². The summed E-state index contributed by atoms with van der Waals surface area (Å²) >= 11 is 0. The lowest BCUT2D eigenvalue weighted by atomic mass is 9.75. The van der Waals surface area contributed by atoms with Gasteiger partial charge in [0.15, 0.2) is 0 Å². The van der Waals surface area contributed by atoms with Crippen LogP contribution in [0.4, 0.5) is 0 Å². The summed E-state index contributed by atoms with van der Waals surface area (Å²) < 4.78 is 0. The highest BCUT2D eigenvalue weighted by atomic mass is 14.9. The predicted molar refractivity (Wildman–Crippen MR) is 63.4 cm³/mol. The Balaban J connectivity index is 2.45. The Labute approximate surface area is 89.7 Å². The van der Waals surface area contributed by atoms with E-state index in [0.717, 1.165) is 30.3 Å². The van der Waals surface area contributed by atoms with Crippen molar-refractivity contribution >= 4 is 0 Å². The summed E-state index contributed by atoms with van der Waals surface area (Å²) in [5.41, 5.74) is 0. The monoisotopic (exact) mass is 197 g/mol. The lowest BCUT2D eigenvalue weighted by Crippen LogP contribution is -2.40. The molecule has 1 fully saturated rings. The molecule has 1 nitrogen and oxygen atoms in total. The fourth-order valence-corrected chi connectivity index (χ4v) is 2.90. The fourth-order valence-electron chi connectivity index (χ4n) is 2.90. The van der Waals surface area contributed by atoms with Crippen molar-refractivity contribution in [2.75, 3.05) is 6.54 Å². The first-order valence-corrected chi connectivity index (χ1v) is 6.36. The summed E-state index contributed by atoms with van der Waals surface area (Å²) in [6, 6.07) is 0.804. The van der Waals surface area contributed by atoms with Crippen LogP contribution in [0.2, 0.25) is 0 Å². The molecule has 14 heavy (non-hydrogen) atoms. The van der Waals surface area contributed by atoms with Gasteiger partial charge in [0.2, 0.25) is 0 Å². The molecule has 1 saturated carbocycles. The van der Waals surface area contributed by atoms with Gasteiger partial charge in [0.1, 0.15) is 0 Å². The second-order valence-electron chi connectivity index (χ2n) is 5.47. The molecule has 3 unspecified atom stereocenters. The Morgan fingerprint density at radius 2 is 2.00 bits per heavy atom. The molecule has 1 N–H and O–H groups in total. The summed E-state index contributed by atoms with van der Waals surface area (Å²) in [4.78, 5) is 0. The average molecular weight is 197 g/mol. The van der Waals surface area contributed by atoms with Crippen LogP contribution in [-0.4, -0.2) is 12.6 Å². The van der Waals surface area contributed by atoms with Crippen LogP contribution in [0.15, 0.2) is 0 Å². The van der Waals surface area contributed by atoms with Crippen LogP contribution >= 0.6 is 0 Å². The molecule has 0 amide bonds. The van der Waals surface area contributed by atoms with Gasteiger partial charge in [-0.1, -0.05) is 27.7 Å². The maximum atomic E-state index is 3.66. The van der Waals surface area contributed by atoms with Gasteiger partial charge in [-0.3, -0.25) is 0 Å². The van der Waals surface area contributed by atoms with Crippen LogP contribution in [-0.2, 0) is 0 Å². The van der Waals surface area contributed by atoms with Gasteiger partial charge in [-0.2, -0.15) is 0 Å². The van der Waals surface area contributed by atoms with Crippen molar-refractivity contribution in [3.8, 4) is 0 Å². The van der Waals surface area contributed by atoms with Crippen LogP contribution < -0.4 is 5.32 Å². The second-order valence-corrected chi connectivity index (χ2v) is 5.47. The van der Waals surface area contributed by atoms with E-state index in [9.17, 15) is 0 Å². The van der Waals surface area contributed by atoms with Crippen molar-refractivity contribution < 1.29 is 0 Å². The van der Waals surface area contributed by atoms with Gasteiger partial charge < -0.3 is 5.32 Å². The van der Waals surface area contributed by atoms with E-state index in [1.807, 2.05) is 0 Å². The lowest BCUT2D eigenvalue weighted by Gasteiger charge is -2.36. The number of rotatable bonds is 4. The molecule has 0 heterocycles. The average Bonchev–Trinajstić information content (AvgIpc) is 2.09. The highest BCUT2D eigenvalue weighted by molar-refractivity contribution is 4.83. The van der Waals surface area contributed by atoms with Gasteiger partial charge in [-0.25, -0.2) is 0 Å². The summed E-state index contributed by atoms with van der Waals surface area (Å²) in [5.74, 6) is 2.74. The van der Waals surface area contributed by atoms with Crippen LogP contribution in [0, 0.1) is 17.8 Å². The van der Waals surface area contributed by atoms with Crippen molar-refractivity contribution in [3.63, 3.8) is 0 Å². The molecule has 0 bridgehead atoms. The van der Waals surface area contributed by atoms with Gasteiger partial charge in [0.25, 0.3) is 0 Å². The number of hydrogen-bond acceptors (Lipinski definition) is 1. The zero-order chi connectivity index (χ0) is 10.6. The zero-order valence-corrected chi connectivity index (χ0v) is 10.3. The summed E-state index contributed by atoms with van der Waals surface area (Å²) in [5, 5.41) is 3.66. The molecule has 1 aliphatic carbocycles. The first-order valence-electron chi connectivity index (χ1n) is 6.36. The highest BCUT2D eigenvalue weighted by Crippen LogP contribution is 2.32. The van der Waals surface area contributed by atoms with Crippen molar-refractivity contribution in [2.45, 2.75) is 59.4 Å². The van der Waals surface area contributed by atoms with Crippen LogP contribution in [0.5, 0.6) is 0 Å². The molecule has 1 heteroatoms. The number of nitrogens with one attached hydrogen (secondary N) is 1. The standard InChI is InChI=1S/C13H27N/c1-5-14-13-7-6-11(4)9-12(13)8-10(2)3/h10-14H,5-9H2,1-4H3. The minimum atomic E-state index is 0.804. The molecule has 0 spiro atoms. The van der Waals surface area contributed by atoms with Gasteiger partial charge in [-0.05, 0) is 50.0 Å². The van der Waals surface area contributed by atoms with E-state index in [2.05, 4.69) is 33.0 Å². The van der Waals surface area contributed by atoms with Gasteiger partial charge in [0, 0.05) is 6.04 Å². The molecule has 0 saturated heterocycles. The summed E-state index contributed by atoms with van der Waals surface area (Å²) in [6.45, 7) is 10.5. The molecule has 0 aromatic rings. The van der Waals surface area contributed by atoms with Crippen molar-refractivity contribution in [3.05, 3.63) is 0 Å². The van der Waals surface area contributed by atoms with E-state index in [0.29, 0.717) is 0 Å². The SMILES string of the molecule is CCNC1CCC(C)CC1CC(C)C. The van der Waals surface area contributed by atoms with E-state index in [1.54, 1.807) is 0 Å².